The second kappa shape index (κ2) is 4.03. The van der Waals surface area contributed by atoms with E-state index in [4.69, 9.17) is 0 Å². The van der Waals surface area contributed by atoms with Crippen LogP contribution >= 0.6 is 24.4 Å². The normalized spacial score (nSPS) is 28.3. The molecule has 17 heavy (non-hydrogen) atoms. The molecule has 94 valence electrons. The molecule has 1 saturated heterocycles. The van der Waals surface area contributed by atoms with E-state index >= 15 is 0 Å². The molecule has 2 atom stereocenters. The van der Waals surface area contributed by atoms with E-state index in [-0.39, 0.29) is 16.4 Å². The Balaban J connectivity index is 2.31. The lowest BCUT2D eigenvalue weighted by molar-refractivity contribution is -0.161. The summed E-state index contributed by atoms with van der Waals surface area (Å²) in [5.41, 5.74) is -0.657. The van der Waals surface area contributed by atoms with Crippen molar-refractivity contribution in [1.29, 1.82) is 0 Å². The van der Waals surface area contributed by atoms with Gasteiger partial charge in [0.05, 0.1) is 11.5 Å². The lowest BCUT2D eigenvalue weighted by Gasteiger charge is -2.47. The molecule has 0 aromatic carbocycles. The summed E-state index contributed by atoms with van der Waals surface area (Å²) >= 11 is 5.31. The number of allylic oxidation sites excluding steroid dienone is 1. The summed E-state index contributed by atoms with van der Waals surface area (Å²) in [7, 11) is 0. The maximum absolute atomic E-state index is 12.0. The number of carbonyl (C=O) groups excluding carboxylic acids is 2. The van der Waals surface area contributed by atoms with Crippen molar-refractivity contribution in [2.24, 2.45) is 5.92 Å². The van der Waals surface area contributed by atoms with E-state index in [2.05, 4.69) is 12.6 Å². The van der Waals surface area contributed by atoms with Crippen LogP contribution in [0.1, 0.15) is 27.2 Å². The Hall–Kier alpha value is -0.460. The molecular weight excluding hydrogens is 258 g/mol. The van der Waals surface area contributed by atoms with Gasteiger partial charge in [0.1, 0.15) is 11.1 Å². The molecule has 1 fully saturated rings. The standard InChI is InChI=1S/C11H15NO3S2/c1-4-5-7(10(14)16)12-8(13)6(9(12)17-5)11(2,3)15/h6,9,15H,4H2,1-3H3,(H,14,16)/t6?,9-/m1/s1. The number of hydrogen-bond acceptors (Lipinski definition) is 4. The van der Waals surface area contributed by atoms with Crippen molar-refractivity contribution in [2.75, 3.05) is 0 Å². The first-order valence-corrected chi connectivity index (χ1v) is 6.80. The number of hydrogen-bond donors (Lipinski definition) is 2. The molecule has 6 heteroatoms. The Morgan fingerprint density at radius 3 is 2.59 bits per heavy atom. The van der Waals surface area contributed by atoms with E-state index in [1.165, 1.54) is 16.7 Å². The number of β-lactam (4-membered cyclic amide) rings is 1. The van der Waals surface area contributed by atoms with Gasteiger partial charge < -0.3 is 5.11 Å². The number of carbonyl (C=O) groups is 2. The fourth-order valence-corrected chi connectivity index (χ4v) is 4.26. The zero-order valence-electron chi connectivity index (χ0n) is 9.93. The molecule has 1 amide bonds. The number of thioether (sulfide) groups is 1. The summed E-state index contributed by atoms with van der Waals surface area (Å²) in [5, 5.41) is 9.43. The first-order valence-electron chi connectivity index (χ1n) is 5.47. The van der Waals surface area contributed by atoms with Crippen molar-refractivity contribution in [3.8, 4) is 0 Å². The average Bonchev–Trinajstić information content (AvgIpc) is 2.49. The van der Waals surface area contributed by atoms with E-state index in [9.17, 15) is 14.7 Å². The Labute approximate surface area is 110 Å². The van der Waals surface area contributed by atoms with Crippen LogP contribution in [-0.2, 0) is 9.59 Å². The zero-order chi connectivity index (χ0) is 13.0. The fraction of sp³-hybridized carbons (Fsp3) is 0.636. The van der Waals surface area contributed by atoms with Gasteiger partial charge in [0, 0.05) is 4.91 Å². The van der Waals surface area contributed by atoms with Gasteiger partial charge in [0.25, 0.3) is 0 Å². The molecule has 0 aromatic heterocycles. The molecule has 0 aliphatic carbocycles. The third-order valence-corrected chi connectivity index (χ3v) is 4.80. The van der Waals surface area contributed by atoms with E-state index in [0.29, 0.717) is 12.1 Å². The third-order valence-electron chi connectivity index (χ3n) is 3.10. The second-order valence-electron chi connectivity index (χ2n) is 4.78. The van der Waals surface area contributed by atoms with Crippen LogP contribution < -0.4 is 0 Å². The Bertz CT molecular complexity index is 425. The maximum atomic E-state index is 12.0. The van der Waals surface area contributed by atoms with Gasteiger partial charge in [-0.1, -0.05) is 19.6 Å². The van der Waals surface area contributed by atoms with Crippen LogP contribution in [0.2, 0.25) is 0 Å². The first-order chi connectivity index (χ1) is 7.79. The van der Waals surface area contributed by atoms with Gasteiger partial charge in [-0.3, -0.25) is 14.5 Å². The Morgan fingerprint density at radius 1 is 1.59 bits per heavy atom. The van der Waals surface area contributed by atoms with Gasteiger partial charge in [-0.25, -0.2) is 0 Å². The highest BCUT2D eigenvalue weighted by atomic mass is 32.2. The molecule has 1 unspecified atom stereocenters. The fourth-order valence-electron chi connectivity index (χ4n) is 2.28. The molecule has 0 aromatic rings. The molecular formula is C11H15NO3S2. The van der Waals surface area contributed by atoms with Crippen LogP contribution in [0.4, 0.5) is 0 Å². The summed E-state index contributed by atoms with van der Waals surface area (Å²) < 4.78 is 0. The van der Waals surface area contributed by atoms with Crippen molar-refractivity contribution >= 4 is 35.4 Å². The summed E-state index contributed by atoms with van der Waals surface area (Å²) in [4.78, 5) is 25.8. The minimum atomic E-state index is -1.06. The Morgan fingerprint density at radius 2 is 2.18 bits per heavy atom. The van der Waals surface area contributed by atoms with Crippen molar-refractivity contribution in [3.05, 3.63) is 10.6 Å². The van der Waals surface area contributed by atoms with Crippen LogP contribution in [0.5, 0.6) is 0 Å². The minimum absolute atomic E-state index is 0.149. The summed E-state index contributed by atoms with van der Waals surface area (Å²) in [6.45, 7) is 5.19. The average molecular weight is 273 g/mol. The van der Waals surface area contributed by atoms with E-state index in [0.717, 1.165) is 4.91 Å². The lowest BCUT2D eigenvalue weighted by Crippen LogP contribution is -2.64. The van der Waals surface area contributed by atoms with Crippen LogP contribution in [0.15, 0.2) is 10.6 Å². The number of rotatable bonds is 3. The first kappa shape index (κ1) is 13.0. The molecule has 2 heterocycles. The number of amides is 1. The second-order valence-corrected chi connectivity index (χ2v) is 6.40. The smallest absolute Gasteiger partial charge is 0.237 e. The van der Waals surface area contributed by atoms with Gasteiger partial charge in [0.2, 0.25) is 11.0 Å². The lowest BCUT2D eigenvalue weighted by atomic mass is 9.83. The monoisotopic (exact) mass is 273 g/mol. The van der Waals surface area contributed by atoms with Crippen LogP contribution in [-0.4, -0.2) is 32.0 Å². The largest absolute Gasteiger partial charge is 0.390 e. The van der Waals surface area contributed by atoms with Crippen molar-refractivity contribution < 1.29 is 14.7 Å². The quantitative estimate of drug-likeness (QED) is 0.602. The number of fused-ring (bicyclic) bond motifs is 1. The van der Waals surface area contributed by atoms with Crippen LogP contribution in [0.3, 0.4) is 0 Å². The zero-order valence-corrected chi connectivity index (χ0v) is 11.6. The third kappa shape index (κ3) is 1.82. The summed E-state index contributed by atoms with van der Waals surface area (Å²) in [5.74, 6) is -0.630. The van der Waals surface area contributed by atoms with Crippen LogP contribution in [0.25, 0.3) is 0 Å². The summed E-state index contributed by atoms with van der Waals surface area (Å²) in [6, 6.07) is 0. The highest BCUT2D eigenvalue weighted by Gasteiger charge is 2.59. The SMILES string of the molecule is CCC1=C(C(=O)S)N2C(=O)C(C(C)(C)O)[C@H]2S1. The number of nitrogens with zero attached hydrogens (tertiary/aromatic N) is 1. The predicted molar refractivity (Wildman–Crippen MR) is 69.3 cm³/mol. The number of aliphatic hydroxyl groups is 1. The topological polar surface area (TPSA) is 57.6 Å². The molecule has 0 spiro atoms. The van der Waals surface area contributed by atoms with Gasteiger partial charge >= 0.3 is 0 Å². The predicted octanol–water partition coefficient (Wildman–Crippen LogP) is 1.37. The highest BCUT2D eigenvalue weighted by molar-refractivity contribution is 8.04. The molecule has 4 nitrogen and oxygen atoms in total. The molecule has 2 aliphatic heterocycles. The van der Waals surface area contributed by atoms with Gasteiger partial charge in [-0.15, -0.1) is 11.8 Å². The molecule has 2 aliphatic rings. The van der Waals surface area contributed by atoms with Gasteiger partial charge in [0.15, 0.2) is 0 Å². The molecule has 0 saturated carbocycles. The van der Waals surface area contributed by atoms with E-state index in [1.54, 1.807) is 13.8 Å². The van der Waals surface area contributed by atoms with Crippen LogP contribution in [0, 0.1) is 5.92 Å². The maximum Gasteiger partial charge on any atom is 0.237 e. The molecule has 2 rings (SSSR count). The van der Waals surface area contributed by atoms with Gasteiger partial charge in [-0.05, 0) is 20.3 Å². The Kier molecular flexibility index (Phi) is 3.08. The van der Waals surface area contributed by atoms with Crippen molar-refractivity contribution in [2.45, 2.75) is 38.2 Å². The summed E-state index contributed by atoms with van der Waals surface area (Å²) in [6.07, 6.45) is 0.700. The molecule has 0 radical (unpaired) electrons. The van der Waals surface area contributed by atoms with Crippen molar-refractivity contribution in [3.63, 3.8) is 0 Å². The number of thiol groups is 1. The van der Waals surface area contributed by atoms with Gasteiger partial charge in [-0.2, -0.15) is 0 Å². The van der Waals surface area contributed by atoms with E-state index < -0.39 is 11.5 Å². The minimum Gasteiger partial charge on any atom is -0.390 e. The molecule has 1 N–H and O–H groups in total. The van der Waals surface area contributed by atoms with Crippen molar-refractivity contribution in [1.82, 2.24) is 4.90 Å². The van der Waals surface area contributed by atoms with E-state index in [1.807, 2.05) is 6.92 Å². The molecule has 0 bridgehead atoms. The highest BCUT2D eigenvalue weighted by Crippen LogP contribution is 2.53.